The fourth-order valence-electron chi connectivity index (χ4n) is 3.62. The van der Waals surface area contributed by atoms with E-state index in [1.165, 1.54) is 0 Å². The second-order valence-electron chi connectivity index (χ2n) is 7.83. The third kappa shape index (κ3) is 5.97. The Labute approximate surface area is 182 Å². The normalized spacial score (nSPS) is 17.9. The number of benzene rings is 2. The van der Waals surface area contributed by atoms with E-state index < -0.39 is 6.10 Å². The van der Waals surface area contributed by atoms with Gasteiger partial charge in [0.1, 0.15) is 5.75 Å². The average Bonchev–Trinajstić information content (AvgIpc) is 2.71. The maximum Gasteiger partial charge on any atom is 0.265 e. The molecule has 2 amide bonds. The summed E-state index contributed by atoms with van der Waals surface area (Å²) in [6.07, 6.45) is 1.20. The summed E-state index contributed by atoms with van der Waals surface area (Å²) in [5.41, 5.74) is 8.17. The van der Waals surface area contributed by atoms with Crippen LogP contribution in [0.15, 0.2) is 42.5 Å². The van der Waals surface area contributed by atoms with E-state index in [9.17, 15) is 9.59 Å². The summed E-state index contributed by atoms with van der Waals surface area (Å²) < 4.78 is 5.77. The average molecular weight is 430 g/mol. The van der Waals surface area contributed by atoms with Crippen LogP contribution >= 0.6 is 11.6 Å². The zero-order chi connectivity index (χ0) is 21.7. The largest absolute Gasteiger partial charge is 0.481 e. The lowest BCUT2D eigenvalue weighted by atomic mass is 9.97. The highest BCUT2D eigenvalue weighted by Crippen LogP contribution is 2.23. The van der Waals surface area contributed by atoms with E-state index in [2.05, 4.69) is 10.2 Å². The van der Waals surface area contributed by atoms with Crippen molar-refractivity contribution in [2.75, 3.05) is 18.4 Å². The van der Waals surface area contributed by atoms with Crippen LogP contribution in [0.2, 0.25) is 5.02 Å². The summed E-state index contributed by atoms with van der Waals surface area (Å²) in [7, 11) is 0. The third-order valence-electron chi connectivity index (χ3n) is 5.35. The van der Waals surface area contributed by atoms with Gasteiger partial charge in [-0.1, -0.05) is 23.7 Å². The van der Waals surface area contributed by atoms with Crippen LogP contribution in [0.1, 0.15) is 30.9 Å². The van der Waals surface area contributed by atoms with E-state index >= 15 is 0 Å². The van der Waals surface area contributed by atoms with Crippen LogP contribution in [-0.4, -0.2) is 35.9 Å². The summed E-state index contributed by atoms with van der Waals surface area (Å²) in [5.74, 6) is 0.122. The van der Waals surface area contributed by atoms with Crippen LogP contribution in [0.5, 0.6) is 5.75 Å². The van der Waals surface area contributed by atoms with Gasteiger partial charge < -0.3 is 15.8 Å². The molecular weight excluding hydrogens is 402 g/mol. The van der Waals surface area contributed by atoms with E-state index in [4.69, 9.17) is 22.1 Å². The number of hydrogen-bond donors (Lipinski definition) is 2. The summed E-state index contributed by atoms with van der Waals surface area (Å²) >= 11 is 5.96. The Hall–Kier alpha value is -2.57. The monoisotopic (exact) mass is 429 g/mol. The number of likely N-dealkylation sites (tertiary alicyclic amines) is 1. The molecule has 2 aromatic rings. The number of nitrogens with one attached hydrogen (secondary N) is 1. The number of nitrogens with zero attached hydrogens (tertiary/aromatic N) is 1. The minimum atomic E-state index is -0.649. The van der Waals surface area contributed by atoms with Crippen LogP contribution in [0, 0.1) is 12.8 Å². The standard InChI is InChI=1S/C23H28ClN3O3/c1-15-12-19(24)7-10-21(15)30-16(2)23(29)26-20-8-5-17(6-9-20)13-27-11-3-4-18(14-27)22(25)28/h5-10,12,16,18H,3-4,11,13-14H2,1-2H3,(H2,25,28)(H,26,29). The molecule has 0 saturated carbocycles. The minimum Gasteiger partial charge on any atom is -0.481 e. The molecule has 0 radical (unpaired) electrons. The van der Waals surface area contributed by atoms with Crippen LogP contribution in [0.4, 0.5) is 5.69 Å². The van der Waals surface area contributed by atoms with Gasteiger partial charge in [0.25, 0.3) is 5.91 Å². The Morgan fingerprint density at radius 2 is 2.00 bits per heavy atom. The molecule has 3 N–H and O–H groups in total. The summed E-state index contributed by atoms with van der Waals surface area (Å²) in [5, 5.41) is 3.51. The molecule has 6 nitrogen and oxygen atoms in total. The maximum absolute atomic E-state index is 12.5. The molecule has 160 valence electrons. The second-order valence-corrected chi connectivity index (χ2v) is 8.27. The van der Waals surface area contributed by atoms with Crippen molar-refractivity contribution < 1.29 is 14.3 Å². The molecule has 0 aromatic heterocycles. The first kappa shape index (κ1) is 22.1. The van der Waals surface area contributed by atoms with Crippen LogP contribution in [0.25, 0.3) is 0 Å². The summed E-state index contributed by atoms with van der Waals surface area (Å²) in [4.78, 5) is 26.2. The Balaban J connectivity index is 1.53. The van der Waals surface area contributed by atoms with E-state index in [-0.39, 0.29) is 17.7 Å². The fourth-order valence-corrected chi connectivity index (χ4v) is 3.84. The number of halogens is 1. The first-order valence-electron chi connectivity index (χ1n) is 10.2. The van der Waals surface area contributed by atoms with E-state index in [1.54, 1.807) is 25.1 Å². The molecule has 3 rings (SSSR count). The number of ether oxygens (including phenoxy) is 1. The smallest absolute Gasteiger partial charge is 0.265 e. The number of primary amides is 1. The lowest BCUT2D eigenvalue weighted by Gasteiger charge is -2.31. The van der Waals surface area contributed by atoms with Gasteiger partial charge in [0.15, 0.2) is 6.10 Å². The van der Waals surface area contributed by atoms with Crippen molar-refractivity contribution in [1.29, 1.82) is 0 Å². The second kappa shape index (κ2) is 9.96. The molecule has 0 spiro atoms. The quantitative estimate of drug-likeness (QED) is 0.701. The first-order valence-corrected chi connectivity index (χ1v) is 10.5. The number of aryl methyl sites for hydroxylation is 1. The SMILES string of the molecule is Cc1cc(Cl)ccc1OC(C)C(=O)Nc1ccc(CN2CCCC(C(N)=O)C2)cc1. The lowest BCUT2D eigenvalue weighted by molar-refractivity contribution is -0.123. The van der Waals surface area contributed by atoms with Crippen molar-refractivity contribution in [2.24, 2.45) is 11.7 Å². The Morgan fingerprint density at radius 3 is 2.67 bits per heavy atom. The summed E-state index contributed by atoms with van der Waals surface area (Å²) in [6, 6.07) is 13.0. The molecule has 0 bridgehead atoms. The Kier molecular flexibility index (Phi) is 7.34. The van der Waals surface area contributed by atoms with Crippen molar-refractivity contribution in [1.82, 2.24) is 4.90 Å². The topological polar surface area (TPSA) is 84.7 Å². The van der Waals surface area contributed by atoms with Crippen molar-refractivity contribution in [3.05, 3.63) is 58.6 Å². The minimum absolute atomic E-state index is 0.0666. The van der Waals surface area contributed by atoms with Crippen molar-refractivity contribution in [3.63, 3.8) is 0 Å². The molecule has 7 heteroatoms. The first-order chi connectivity index (χ1) is 14.3. The molecule has 30 heavy (non-hydrogen) atoms. The molecule has 1 aliphatic heterocycles. The van der Waals surface area contributed by atoms with E-state index in [1.807, 2.05) is 31.2 Å². The van der Waals surface area contributed by atoms with Gasteiger partial charge in [-0.05, 0) is 74.7 Å². The van der Waals surface area contributed by atoms with Gasteiger partial charge in [-0.3, -0.25) is 14.5 Å². The number of piperidine rings is 1. The molecule has 1 heterocycles. The van der Waals surface area contributed by atoms with Gasteiger partial charge in [-0.15, -0.1) is 0 Å². The van der Waals surface area contributed by atoms with Gasteiger partial charge >= 0.3 is 0 Å². The van der Waals surface area contributed by atoms with Crippen molar-refractivity contribution in [3.8, 4) is 5.75 Å². The number of nitrogens with two attached hydrogens (primary N) is 1. The van der Waals surface area contributed by atoms with Gasteiger partial charge in [-0.2, -0.15) is 0 Å². The van der Waals surface area contributed by atoms with Gasteiger partial charge in [0.05, 0.1) is 5.92 Å². The number of amides is 2. The maximum atomic E-state index is 12.5. The van der Waals surface area contributed by atoms with Crippen LogP contribution in [0.3, 0.4) is 0 Å². The van der Waals surface area contributed by atoms with Crippen LogP contribution < -0.4 is 15.8 Å². The number of carbonyl (C=O) groups is 2. The Bertz CT molecular complexity index is 901. The van der Waals surface area contributed by atoms with Crippen molar-refractivity contribution >= 4 is 29.1 Å². The summed E-state index contributed by atoms with van der Waals surface area (Å²) in [6.45, 7) is 6.02. The Morgan fingerprint density at radius 1 is 1.27 bits per heavy atom. The zero-order valence-corrected chi connectivity index (χ0v) is 18.1. The lowest BCUT2D eigenvalue weighted by Crippen LogP contribution is -2.40. The van der Waals surface area contributed by atoms with Gasteiger partial charge in [0, 0.05) is 23.8 Å². The molecule has 1 aliphatic rings. The van der Waals surface area contributed by atoms with Crippen molar-refractivity contribution in [2.45, 2.75) is 39.3 Å². The number of rotatable bonds is 7. The fraction of sp³-hybridized carbons (Fsp3) is 0.391. The highest BCUT2D eigenvalue weighted by Gasteiger charge is 2.23. The zero-order valence-electron chi connectivity index (χ0n) is 17.4. The van der Waals surface area contributed by atoms with E-state index in [0.717, 1.165) is 37.1 Å². The number of carbonyl (C=O) groups excluding carboxylic acids is 2. The highest BCUT2D eigenvalue weighted by molar-refractivity contribution is 6.30. The molecular formula is C23H28ClN3O3. The third-order valence-corrected chi connectivity index (χ3v) is 5.58. The van der Waals surface area contributed by atoms with E-state index in [0.29, 0.717) is 23.0 Å². The number of hydrogen-bond acceptors (Lipinski definition) is 4. The van der Waals surface area contributed by atoms with Gasteiger partial charge in [-0.25, -0.2) is 0 Å². The molecule has 1 fully saturated rings. The molecule has 2 unspecified atom stereocenters. The molecule has 2 atom stereocenters. The molecule has 1 saturated heterocycles. The van der Waals surface area contributed by atoms with Crippen LogP contribution in [-0.2, 0) is 16.1 Å². The predicted molar refractivity (Wildman–Crippen MR) is 119 cm³/mol. The predicted octanol–water partition coefficient (Wildman–Crippen LogP) is 3.75. The molecule has 2 aromatic carbocycles. The highest BCUT2D eigenvalue weighted by atomic mass is 35.5. The number of anilines is 1. The van der Waals surface area contributed by atoms with Gasteiger partial charge in [0.2, 0.25) is 5.91 Å². The molecule has 0 aliphatic carbocycles.